The first-order valence-electron chi connectivity index (χ1n) is 5.98. The van der Waals surface area contributed by atoms with E-state index in [0.717, 1.165) is 30.8 Å². The predicted octanol–water partition coefficient (Wildman–Crippen LogP) is 1.75. The summed E-state index contributed by atoms with van der Waals surface area (Å²) in [6.45, 7) is 1.21. The highest BCUT2D eigenvalue weighted by Crippen LogP contribution is 2.18. The lowest BCUT2D eigenvalue weighted by Gasteiger charge is -2.05. The molecule has 17 heavy (non-hydrogen) atoms. The van der Waals surface area contributed by atoms with Crippen LogP contribution in [0.4, 0.5) is 0 Å². The summed E-state index contributed by atoms with van der Waals surface area (Å²) in [5, 5.41) is 6.83. The average Bonchev–Trinajstić information content (AvgIpc) is 3.11. The zero-order valence-corrected chi connectivity index (χ0v) is 10.5. The third-order valence-corrected chi connectivity index (χ3v) is 2.98. The maximum atomic E-state index is 11.4. The Kier molecular flexibility index (Phi) is 4.40. The van der Waals surface area contributed by atoms with E-state index in [-0.39, 0.29) is 5.91 Å². The molecule has 2 N–H and O–H groups in total. The van der Waals surface area contributed by atoms with Gasteiger partial charge in [0, 0.05) is 11.1 Å². The minimum absolute atomic E-state index is 0.101. The Morgan fingerprint density at radius 1 is 1.29 bits per heavy atom. The van der Waals surface area contributed by atoms with E-state index in [1.807, 2.05) is 24.3 Å². The van der Waals surface area contributed by atoms with Gasteiger partial charge in [-0.1, -0.05) is 23.7 Å². The number of hydrogen-bond donors (Lipinski definition) is 2. The minimum atomic E-state index is 0.101. The van der Waals surface area contributed by atoms with Crippen LogP contribution in [0.1, 0.15) is 18.4 Å². The number of benzene rings is 1. The van der Waals surface area contributed by atoms with E-state index in [4.69, 9.17) is 11.6 Å². The molecular weight excluding hydrogens is 236 g/mol. The average molecular weight is 253 g/mol. The number of carbonyl (C=O) groups is 1. The lowest BCUT2D eigenvalue weighted by Crippen LogP contribution is -2.35. The highest BCUT2D eigenvalue weighted by atomic mass is 35.5. The molecular formula is C13H17ClN2O. The SMILES string of the molecule is O=C(CNCCc1ccc(Cl)cc1)NC1CC1. The summed E-state index contributed by atoms with van der Waals surface area (Å²) in [7, 11) is 0. The Hall–Kier alpha value is -1.06. The maximum absolute atomic E-state index is 11.4. The monoisotopic (exact) mass is 252 g/mol. The molecule has 0 radical (unpaired) electrons. The van der Waals surface area contributed by atoms with Crippen molar-refractivity contribution in [3.8, 4) is 0 Å². The molecule has 4 heteroatoms. The summed E-state index contributed by atoms with van der Waals surface area (Å²) in [5.74, 6) is 0.101. The Labute approximate surface area is 107 Å². The first kappa shape index (κ1) is 12.4. The Morgan fingerprint density at radius 3 is 2.65 bits per heavy atom. The molecule has 1 aromatic rings. The smallest absolute Gasteiger partial charge is 0.234 e. The number of nitrogens with one attached hydrogen (secondary N) is 2. The molecule has 0 saturated heterocycles. The van der Waals surface area contributed by atoms with Crippen LogP contribution in [0.3, 0.4) is 0 Å². The van der Waals surface area contributed by atoms with Gasteiger partial charge < -0.3 is 10.6 Å². The molecule has 0 bridgehead atoms. The van der Waals surface area contributed by atoms with Gasteiger partial charge in [-0.2, -0.15) is 0 Å². The van der Waals surface area contributed by atoms with E-state index >= 15 is 0 Å². The molecule has 0 atom stereocenters. The molecule has 1 amide bonds. The third kappa shape index (κ3) is 4.75. The molecule has 1 aromatic carbocycles. The predicted molar refractivity (Wildman–Crippen MR) is 69.2 cm³/mol. The van der Waals surface area contributed by atoms with Crippen molar-refractivity contribution < 1.29 is 4.79 Å². The molecule has 0 unspecified atom stereocenters. The van der Waals surface area contributed by atoms with Gasteiger partial charge in [0.1, 0.15) is 0 Å². The third-order valence-electron chi connectivity index (χ3n) is 2.73. The van der Waals surface area contributed by atoms with Gasteiger partial charge in [-0.15, -0.1) is 0 Å². The molecule has 0 spiro atoms. The number of rotatable bonds is 6. The van der Waals surface area contributed by atoms with Crippen molar-refractivity contribution in [2.45, 2.75) is 25.3 Å². The van der Waals surface area contributed by atoms with Crippen molar-refractivity contribution in [3.63, 3.8) is 0 Å². The summed E-state index contributed by atoms with van der Waals surface area (Å²) in [4.78, 5) is 11.4. The number of carbonyl (C=O) groups excluding carboxylic acids is 1. The van der Waals surface area contributed by atoms with Gasteiger partial charge in [-0.25, -0.2) is 0 Å². The van der Waals surface area contributed by atoms with Gasteiger partial charge in [0.15, 0.2) is 0 Å². The molecule has 1 aliphatic rings. The van der Waals surface area contributed by atoms with Crippen LogP contribution in [0.15, 0.2) is 24.3 Å². The van der Waals surface area contributed by atoms with Crippen LogP contribution in [-0.4, -0.2) is 25.0 Å². The van der Waals surface area contributed by atoms with E-state index in [0.29, 0.717) is 12.6 Å². The molecule has 1 saturated carbocycles. The zero-order chi connectivity index (χ0) is 12.1. The van der Waals surface area contributed by atoms with E-state index in [2.05, 4.69) is 10.6 Å². The Morgan fingerprint density at radius 2 is 2.00 bits per heavy atom. The molecule has 3 nitrogen and oxygen atoms in total. The fourth-order valence-corrected chi connectivity index (χ4v) is 1.72. The van der Waals surface area contributed by atoms with Crippen LogP contribution in [0.2, 0.25) is 5.02 Å². The highest BCUT2D eigenvalue weighted by molar-refractivity contribution is 6.30. The second kappa shape index (κ2) is 6.03. The van der Waals surface area contributed by atoms with Crippen LogP contribution >= 0.6 is 11.6 Å². The van der Waals surface area contributed by atoms with Gasteiger partial charge in [0.2, 0.25) is 5.91 Å². The van der Waals surface area contributed by atoms with Crippen molar-refractivity contribution >= 4 is 17.5 Å². The van der Waals surface area contributed by atoms with Crippen LogP contribution in [0.25, 0.3) is 0 Å². The Bertz CT molecular complexity index is 374. The van der Waals surface area contributed by atoms with E-state index in [9.17, 15) is 4.79 Å². The van der Waals surface area contributed by atoms with Gasteiger partial charge in [-0.05, 0) is 43.5 Å². The summed E-state index contributed by atoms with van der Waals surface area (Å²) in [5.41, 5.74) is 1.23. The Balaban J connectivity index is 1.59. The van der Waals surface area contributed by atoms with E-state index in [1.54, 1.807) is 0 Å². The number of amides is 1. The molecule has 0 aromatic heterocycles. The van der Waals surface area contributed by atoms with Gasteiger partial charge in [0.05, 0.1) is 6.54 Å². The quantitative estimate of drug-likeness (QED) is 0.758. The van der Waals surface area contributed by atoms with Crippen molar-refractivity contribution in [2.24, 2.45) is 0 Å². The normalized spacial score (nSPS) is 14.6. The summed E-state index contributed by atoms with van der Waals surface area (Å²) < 4.78 is 0. The maximum Gasteiger partial charge on any atom is 0.234 e. The second-order valence-corrected chi connectivity index (χ2v) is 4.83. The topological polar surface area (TPSA) is 41.1 Å². The minimum Gasteiger partial charge on any atom is -0.352 e. The fraction of sp³-hybridized carbons (Fsp3) is 0.462. The van der Waals surface area contributed by atoms with Crippen LogP contribution < -0.4 is 10.6 Å². The lowest BCUT2D eigenvalue weighted by molar-refractivity contribution is -0.120. The largest absolute Gasteiger partial charge is 0.352 e. The molecule has 1 aliphatic carbocycles. The van der Waals surface area contributed by atoms with E-state index < -0.39 is 0 Å². The number of hydrogen-bond acceptors (Lipinski definition) is 2. The van der Waals surface area contributed by atoms with Crippen molar-refractivity contribution in [2.75, 3.05) is 13.1 Å². The zero-order valence-electron chi connectivity index (χ0n) is 9.71. The van der Waals surface area contributed by atoms with Crippen molar-refractivity contribution in [1.29, 1.82) is 0 Å². The van der Waals surface area contributed by atoms with Crippen LogP contribution in [0, 0.1) is 0 Å². The molecule has 1 fully saturated rings. The summed E-state index contributed by atoms with van der Waals surface area (Å²) >= 11 is 5.80. The van der Waals surface area contributed by atoms with Gasteiger partial charge >= 0.3 is 0 Å². The van der Waals surface area contributed by atoms with Crippen molar-refractivity contribution in [1.82, 2.24) is 10.6 Å². The van der Waals surface area contributed by atoms with Crippen molar-refractivity contribution in [3.05, 3.63) is 34.9 Å². The van der Waals surface area contributed by atoms with E-state index in [1.165, 1.54) is 5.56 Å². The molecule has 0 heterocycles. The molecule has 92 valence electrons. The van der Waals surface area contributed by atoms with Crippen LogP contribution in [0.5, 0.6) is 0 Å². The van der Waals surface area contributed by atoms with Crippen LogP contribution in [-0.2, 0) is 11.2 Å². The van der Waals surface area contributed by atoms with Gasteiger partial charge in [0.25, 0.3) is 0 Å². The first-order chi connectivity index (χ1) is 8.24. The first-order valence-corrected chi connectivity index (χ1v) is 6.36. The standard InChI is InChI=1S/C13H17ClN2O/c14-11-3-1-10(2-4-11)7-8-15-9-13(17)16-12-5-6-12/h1-4,12,15H,5-9H2,(H,16,17). The second-order valence-electron chi connectivity index (χ2n) is 4.40. The molecule has 0 aliphatic heterocycles. The summed E-state index contributed by atoms with van der Waals surface area (Å²) in [6.07, 6.45) is 3.18. The molecule has 2 rings (SSSR count). The lowest BCUT2D eigenvalue weighted by atomic mass is 10.1. The van der Waals surface area contributed by atoms with Gasteiger partial charge in [-0.3, -0.25) is 4.79 Å². The highest BCUT2D eigenvalue weighted by Gasteiger charge is 2.22. The number of halogens is 1. The fourth-order valence-electron chi connectivity index (χ4n) is 1.59. The summed E-state index contributed by atoms with van der Waals surface area (Å²) in [6, 6.07) is 8.23.